The van der Waals surface area contributed by atoms with Crippen LogP contribution in [0.2, 0.25) is 0 Å². The average Bonchev–Trinajstić information content (AvgIpc) is 3.52. The van der Waals surface area contributed by atoms with Crippen molar-refractivity contribution in [3.8, 4) is 16.9 Å². The smallest absolute Gasteiger partial charge is 0.257 e. The minimum absolute atomic E-state index is 0.00134. The second-order valence-corrected chi connectivity index (χ2v) is 7.95. The van der Waals surface area contributed by atoms with E-state index in [0.717, 1.165) is 36.5 Å². The Morgan fingerprint density at radius 2 is 1.91 bits per heavy atom. The first kappa shape index (κ1) is 20.1. The van der Waals surface area contributed by atoms with Crippen molar-refractivity contribution in [2.24, 2.45) is 0 Å². The molecular formula is C24H25N7O. The van der Waals surface area contributed by atoms with Crippen LogP contribution in [-0.2, 0) is 6.54 Å². The van der Waals surface area contributed by atoms with Crippen molar-refractivity contribution in [2.75, 3.05) is 13.1 Å². The van der Waals surface area contributed by atoms with E-state index in [0.29, 0.717) is 30.3 Å². The number of aromatic nitrogens is 6. The molecule has 1 amide bonds. The van der Waals surface area contributed by atoms with Crippen LogP contribution in [0.4, 0.5) is 0 Å². The standard InChI is InChI=1S/C24H25N7O/c1-2-29-17-26-27-23(29)18-10-13-30(14-11-18)24(32)21-16-31(20-8-4-3-5-9-20)28-22(21)19-7-6-12-25-15-19/h3-9,12,15-18H,2,10-11,13-14H2,1H3. The predicted octanol–water partition coefficient (Wildman–Crippen LogP) is 3.57. The van der Waals surface area contributed by atoms with E-state index in [9.17, 15) is 4.79 Å². The highest BCUT2D eigenvalue weighted by molar-refractivity contribution is 6.00. The van der Waals surface area contributed by atoms with E-state index in [4.69, 9.17) is 5.10 Å². The maximum absolute atomic E-state index is 13.6. The van der Waals surface area contributed by atoms with Gasteiger partial charge < -0.3 is 9.47 Å². The zero-order chi connectivity index (χ0) is 21.9. The molecule has 4 heterocycles. The predicted molar refractivity (Wildman–Crippen MR) is 120 cm³/mol. The summed E-state index contributed by atoms with van der Waals surface area (Å²) in [6, 6.07) is 13.6. The molecule has 1 aromatic carbocycles. The zero-order valence-corrected chi connectivity index (χ0v) is 18.0. The molecule has 0 saturated carbocycles. The number of carbonyl (C=O) groups excluding carboxylic acids is 1. The highest BCUT2D eigenvalue weighted by atomic mass is 16.2. The first-order valence-electron chi connectivity index (χ1n) is 11.0. The van der Waals surface area contributed by atoms with E-state index < -0.39 is 0 Å². The highest BCUT2D eigenvalue weighted by Gasteiger charge is 2.29. The van der Waals surface area contributed by atoms with Gasteiger partial charge in [-0.25, -0.2) is 4.68 Å². The quantitative estimate of drug-likeness (QED) is 0.486. The molecule has 0 radical (unpaired) electrons. The maximum Gasteiger partial charge on any atom is 0.257 e. The van der Waals surface area contributed by atoms with Crippen LogP contribution in [-0.4, -0.2) is 53.4 Å². The summed E-state index contributed by atoms with van der Waals surface area (Å²) < 4.78 is 3.86. The maximum atomic E-state index is 13.6. The molecule has 1 fully saturated rings. The Bertz CT molecular complexity index is 1190. The number of pyridine rings is 1. The van der Waals surface area contributed by atoms with E-state index in [1.807, 2.05) is 53.6 Å². The molecule has 0 unspecified atom stereocenters. The van der Waals surface area contributed by atoms with Crippen molar-refractivity contribution in [1.82, 2.24) is 34.4 Å². The summed E-state index contributed by atoms with van der Waals surface area (Å²) in [6.07, 6.45) is 8.83. The van der Waals surface area contributed by atoms with Crippen LogP contribution in [0.3, 0.4) is 0 Å². The van der Waals surface area contributed by atoms with Gasteiger partial charge in [-0.1, -0.05) is 18.2 Å². The monoisotopic (exact) mass is 427 g/mol. The summed E-state index contributed by atoms with van der Waals surface area (Å²) in [5, 5.41) is 13.1. The minimum atomic E-state index is 0.00134. The topological polar surface area (TPSA) is 81.7 Å². The summed E-state index contributed by atoms with van der Waals surface area (Å²) in [7, 11) is 0. The van der Waals surface area contributed by atoms with Crippen LogP contribution < -0.4 is 0 Å². The Kier molecular flexibility index (Phi) is 5.49. The lowest BCUT2D eigenvalue weighted by atomic mass is 9.95. The SMILES string of the molecule is CCn1cnnc1C1CCN(C(=O)c2cn(-c3ccccc3)nc2-c2cccnc2)CC1. The molecule has 0 bridgehead atoms. The van der Waals surface area contributed by atoms with Gasteiger partial charge in [0.2, 0.25) is 0 Å². The third-order valence-corrected chi connectivity index (χ3v) is 6.03. The number of hydrogen-bond donors (Lipinski definition) is 0. The molecule has 3 aromatic heterocycles. The summed E-state index contributed by atoms with van der Waals surface area (Å²) >= 11 is 0. The first-order chi connectivity index (χ1) is 15.7. The van der Waals surface area contributed by atoms with Gasteiger partial charge in [-0.2, -0.15) is 5.10 Å². The number of hydrogen-bond acceptors (Lipinski definition) is 5. The van der Waals surface area contributed by atoms with E-state index in [-0.39, 0.29) is 5.91 Å². The molecule has 5 rings (SSSR count). The summed E-state index contributed by atoms with van der Waals surface area (Å²) in [6.45, 7) is 4.32. The molecule has 0 aliphatic carbocycles. The molecule has 1 saturated heterocycles. The molecule has 0 spiro atoms. The third-order valence-electron chi connectivity index (χ3n) is 6.03. The number of para-hydroxylation sites is 1. The summed E-state index contributed by atoms with van der Waals surface area (Å²) in [4.78, 5) is 19.7. The number of benzene rings is 1. The Balaban J connectivity index is 1.41. The molecule has 32 heavy (non-hydrogen) atoms. The van der Waals surface area contributed by atoms with Gasteiger partial charge in [0.1, 0.15) is 17.8 Å². The molecule has 0 atom stereocenters. The number of rotatable bonds is 5. The van der Waals surface area contributed by atoms with E-state index in [2.05, 4.69) is 26.7 Å². The van der Waals surface area contributed by atoms with Gasteiger partial charge in [-0.05, 0) is 44.0 Å². The summed E-state index contributed by atoms with van der Waals surface area (Å²) in [5.74, 6) is 1.35. The van der Waals surface area contributed by atoms with Crippen LogP contribution in [0.15, 0.2) is 67.4 Å². The number of nitrogens with zero attached hydrogens (tertiary/aromatic N) is 7. The number of amides is 1. The molecular weight excluding hydrogens is 402 g/mol. The average molecular weight is 428 g/mol. The van der Waals surface area contributed by atoms with Crippen molar-refractivity contribution in [1.29, 1.82) is 0 Å². The van der Waals surface area contributed by atoms with Gasteiger partial charge in [0, 0.05) is 49.7 Å². The normalized spacial score (nSPS) is 14.6. The molecule has 8 heteroatoms. The molecule has 4 aromatic rings. The van der Waals surface area contributed by atoms with Crippen LogP contribution in [0, 0.1) is 0 Å². The molecule has 8 nitrogen and oxygen atoms in total. The lowest BCUT2D eigenvalue weighted by Gasteiger charge is -2.31. The fourth-order valence-corrected chi connectivity index (χ4v) is 4.29. The number of carbonyl (C=O) groups is 1. The molecule has 0 N–H and O–H groups in total. The fourth-order valence-electron chi connectivity index (χ4n) is 4.29. The first-order valence-corrected chi connectivity index (χ1v) is 11.0. The zero-order valence-electron chi connectivity index (χ0n) is 18.0. The van der Waals surface area contributed by atoms with Crippen LogP contribution in [0.25, 0.3) is 16.9 Å². The Morgan fingerprint density at radius 3 is 2.62 bits per heavy atom. The van der Waals surface area contributed by atoms with Crippen LogP contribution >= 0.6 is 0 Å². The van der Waals surface area contributed by atoms with E-state index >= 15 is 0 Å². The Morgan fingerprint density at radius 1 is 1.09 bits per heavy atom. The van der Waals surface area contributed by atoms with Gasteiger partial charge in [-0.15, -0.1) is 10.2 Å². The Hall–Kier alpha value is -3.81. The largest absolute Gasteiger partial charge is 0.338 e. The van der Waals surface area contributed by atoms with Gasteiger partial charge in [0.25, 0.3) is 5.91 Å². The van der Waals surface area contributed by atoms with Gasteiger partial charge in [0.05, 0.1) is 11.3 Å². The van der Waals surface area contributed by atoms with Crippen molar-refractivity contribution in [3.63, 3.8) is 0 Å². The molecule has 162 valence electrons. The van der Waals surface area contributed by atoms with Gasteiger partial charge >= 0.3 is 0 Å². The molecule has 1 aliphatic rings. The fraction of sp³-hybridized carbons (Fsp3) is 0.292. The third kappa shape index (κ3) is 3.79. The Labute approximate surface area is 186 Å². The van der Waals surface area contributed by atoms with E-state index in [1.54, 1.807) is 23.4 Å². The second kappa shape index (κ2) is 8.74. The summed E-state index contributed by atoms with van der Waals surface area (Å²) in [5.41, 5.74) is 2.99. The van der Waals surface area contributed by atoms with Crippen LogP contribution in [0.1, 0.15) is 41.9 Å². The van der Waals surface area contributed by atoms with Crippen molar-refractivity contribution in [3.05, 3.63) is 78.8 Å². The van der Waals surface area contributed by atoms with Crippen molar-refractivity contribution in [2.45, 2.75) is 32.2 Å². The second-order valence-electron chi connectivity index (χ2n) is 7.95. The van der Waals surface area contributed by atoms with Crippen molar-refractivity contribution < 1.29 is 4.79 Å². The van der Waals surface area contributed by atoms with E-state index in [1.165, 1.54) is 0 Å². The number of piperidine rings is 1. The van der Waals surface area contributed by atoms with Crippen LogP contribution in [0.5, 0.6) is 0 Å². The molecule has 1 aliphatic heterocycles. The van der Waals surface area contributed by atoms with Crippen molar-refractivity contribution >= 4 is 5.91 Å². The lowest BCUT2D eigenvalue weighted by Crippen LogP contribution is -2.38. The highest BCUT2D eigenvalue weighted by Crippen LogP contribution is 2.29. The lowest BCUT2D eigenvalue weighted by molar-refractivity contribution is 0.0711. The number of aryl methyl sites for hydroxylation is 1. The minimum Gasteiger partial charge on any atom is -0.338 e. The van der Waals surface area contributed by atoms with Gasteiger partial charge in [-0.3, -0.25) is 9.78 Å². The van der Waals surface area contributed by atoms with Gasteiger partial charge in [0.15, 0.2) is 0 Å². The number of likely N-dealkylation sites (tertiary alicyclic amines) is 1.